The van der Waals surface area contributed by atoms with Gasteiger partial charge >= 0.3 is 0 Å². The first-order valence-electron chi connectivity index (χ1n) is 7.03. The number of hydrogen-bond acceptors (Lipinski definition) is 5. The van der Waals surface area contributed by atoms with Crippen LogP contribution < -0.4 is 16.0 Å². The number of benzene rings is 1. The van der Waals surface area contributed by atoms with E-state index in [0.29, 0.717) is 30.8 Å². The lowest BCUT2D eigenvalue weighted by molar-refractivity contribution is 0.0423. The van der Waals surface area contributed by atoms with Crippen molar-refractivity contribution < 1.29 is 9.59 Å². The van der Waals surface area contributed by atoms with Crippen molar-refractivity contribution in [2.24, 2.45) is 0 Å². The summed E-state index contributed by atoms with van der Waals surface area (Å²) in [5, 5.41) is 9.29. The van der Waals surface area contributed by atoms with Gasteiger partial charge in [-0.15, -0.1) is 0 Å². The van der Waals surface area contributed by atoms with Gasteiger partial charge in [0.2, 0.25) is 0 Å². The molecule has 114 valence electrons. The maximum Gasteiger partial charge on any atom is 0.262 e. The first-order chi connectivity index (χ1) is 10.1. The Balaban J connectivity index is 2.46. The van der Waals surface area contributed by atoms with Gasteiger partial charge in [-0.05, 0) is 33.3 Å². The summed E-state index contributed by atoms with van der Waals surface area (Å²) in [6, 6.07) is 6.98. The minimum absolute atomic E-state index is 0.226. The average Bonchev–Trinajstić information content (AvgIpc) is 2.73. The van der Waals surface area contributed by atoms with Crippen LogP contribution >= 0.6 is 0 Å². The smallest absolute Gasteiger partial charge is 0.262 e. The highest BCUT2D eigenvalue weighted by Gasteiger charge is 2.48. The summed E-state index contributed by atoms with van der Waals surface area (Å²) in [4.78, 5) is 26.8. The first kappa shape index (κ1) is 15.6. The second kappa shape index (κ2) is 6.34. The molecule has 0 spiro atoms. The molecular formula is C15H22N4O2. The lowest BCUT2D eigenvalue weighted by Crippen LogP contribution is -2.65. The summed E-state index contributed by atoms with van der Waals surface area (Å²) >= 11 is 0. The number of carbonyl (C=O) groups excluding carboxylic acids is 2. The Bertz CT molecular complexity index is 492. The van der Waals surface area contributed by atoms with Gasteiger partial charge in [-0.1, -0.05) is 12.1 Å². The largest absolute Gasteiger partial charge is 0.317 e. The zero-order chi connectivity index (χ0) is 15.5. The number of rotatable bonds is 7. The molecule has 1 aliphatic rings. The minimum atomic E-state index is -0.647. The van der Waals surface area contributed by atoms with E-state index < -0.39 is 5.54 Å². The summed E-state index contributed by atoms with van der Waals surface area (Å²) in [5.41, 5.74) is 0.316. The molecule has 0 atom stereocenters. The van der Waals surface area contributed by atoms with Crippen LogP contribution in [0.1, 0.15) is 20.7 Å². The van der Waals surface area contributed by atoms with Crippen molar-refractivity contribution in [3.05, 3.63) is 35.4 Å². The van der Waals surface area contributed by atoms with Gasteiger partial charge in [0.1, 0.15) is 0 Å². The third kappa shape index (κ3) is 2.57. The third-order valence-corrected chi connectivity index (χ3v) is 3.79. The van der Waals surface area contributed by atoms with Crippen LogP contribution in [0.3, 0.4) is 0 Å². The van der Waals surface area contributed by atoms with Crippen LogP contribution in [0.2, 0.25) is 0 Å². The molecule has 0 fully saturated rings. The topological polar surface area (TPSA) is 73.5 Å². The Labute approximate surface area is 124 Å². The van der Waals surface area contributed by atoms with Gasteiger partial charge in [-0.3, -0.25) is 14.5 Å². The van der Waals surface area contributed by atoms with Crippen molar-refractivity contribution in [3.63, 3.8) is 0 Å². The van der Waals surface area contributed by atoms with Crippen LogP contribution in [0.15, 0.2) is 24.3 Å². The molecule has 1 aromatic carbocycles. The fourth-order valence-electron chi connectivity index (χ4n) is 3.03. The molecule has 0 aliphatic carbocycles. The number of carbonyl (C=O) groups is 2. The molecule has 0 saturated heterocycles. The molecular weight excluding hydrogens is 268 g/mol. The Morgan fingerprint density at radius 3 is 1.57 bits per heavy atom. The standard InChI is InChI=1S/C15H22N4O2/c1-16-8-15(9-17-2,10-18-3)19-13(20)11-6-4-5-7-12(11)14(19)21/h4-7,16-18H,8-10H2,1-3H3. The highest BCUT2D eigenvalue weighted by molar-refractivity contribution is 6.21. The number of fused-ring (bicyclic) bond motifs is 1. The Morgan fingerprint density at radius 1 is 0.857 bits per heavy atom. The number of likely N-dealkylation sites (N-methyl/N-ethyl adjacent to an activating group) is 3. The monoisotopic (exact) mass is 290 g/mol. The van der Waals surface area contributed by atoms with Crippen molar-refractivity contribution in [3.8, 4) is 0 Å². The van der Waals surface area contributed by atoms with E-state index in [2.05, 4.69) is 16.0 Å². The molecule has 1 aliphatic heterocycles. The van der Waals surface area contributed by atoms with Crippen molar-refractivity contribution in [1.82, 2.24) is 20.9 Å². The predicted octanol–water partition coefficient (Wildman–Crippen LogP) is -0.320. The number of nitrogens with one attached hydrogen (secondary N) is 3. The fourth-order valence-corrected chi connectivity index (χ4v) is 3.03. The summed E-state index contributed by atoms with van der Waals surface area (Å²) < 4.78 is 0. The fraction of sp³-hybridized carbons (Fsp3) is 0.467. The molecule has 0 radical (unpaired) electrons. The number of imide groups is 1. The van der Waals surface area contributed by atoms with E-state index in [-0.39, 0.29) is 11.8 Å². The molecule has 3 N–H and O–H groups in total. The van der Waals surface area contributed by atoms with E-state index in [4.69, 9.17) is 0 Å². The van der Waals surface area contributed by atoms with Crippen LogP contribution in [0.4, 0.5) is 0 Å². The van der Waals surface area contributed by atoms with Crippen molar-refractivity contribution in [2.75, 3.05) is 40.8 Å². The number of hydrogen-bond donors (Lipinski definition) is 3. The summed E-state index contributed by atoms with van der Waals surface area (Å²) in [6.45, 7) is 1.54. The maximum atomic E-state index is 12.7. The molecule has 6 heteroatoms. The van der Waals surface area contributed by atoms with Gasteiger partial charge in [0.25, 0.3) is 11.8 Å². The number of nitrogens with zero attached hydrogens (tertiary/aromatic N) is 1. The normalized spacial score (nSPS) is 14.7. The zero-order valence-corrected chi connectivity index (χ0v) is 12.7. The SMILES string of the molecule is CNCC(CNC)(CNC)N1C(=O)c2ccccc2C1=O. The van der Waals surface area contributed by atoms with Crippen LogP contribution in [0, 0.1) is 0 Å². The lowest BCUT2D eigenvalue weighted by atomic mass is 9.96. The Kier molecular flexibility index (Phi) is 4.72. The molecule has 0 unspecified atom stereocenters. The minimum Gasteiger partial charge on any atom is -0.317 e. The first-order valence-corrected chi connectivity index (χ1v) is 7.03. The van der Waals surface area contributed by atoms with Crippen LogP contribution in [-0.4, -0.2) is 63.0 Å². The van der Waals surface area contributed by atoms with Gasteiger partial charge in [-0.25, -0.2) is 0 Å². The van der Waals surface area contributed by atoms with E-state index in [1.54, 1.807) is 24.3 Å². The molecule has 2 rings (SSSR count). The summed E-state index contributed by atoms with van der Waals surface area (Å²) in [7, 11) is 5.45. The highest BCUT2D eigenvalue weighted by Crippen LogP contribution is 2.29. The lowest BCUT2D eigenvalue weighted by Gasteiger charge is -2.40. The van der Waals surface area contributed by atoms with Crippen molar-refractivity contribution in [2.45, 2.75) is 5.54 Å². The van der Waals surface area contributed by atoms with Crippen molar-refractivity contribution >= 4 is 11.8 Å². The predicted molar refractivity (Wildman–Crippen MR) is 81.5 cm³/mol. The third-order valence-electron chi connectivity index (χ3n) is 3.79. The maximum absolute atomic E-state index is 12.7. The second-order valence-corrected chi connectivity index (χ2v) is 5.31. The second-order valence-electron chi connectivity index (χ2n) is 5.31. The molecule has 2 amide bonds. The Hall–Kier alpha value is -1.76. The van der Waals surface area contributed by atoms with E-state index in [0.717, 1.165) is 0 Å². The highest BCUT2D eigenvalue weighted by atomic mass is 16.2. The molecule has 0 aromatic heterocycles. The molecule has 1 aromatic rings. The summed E-state index contributed by atoms with van der Waals surface area (Å²) in [6.07, 6.45) is 0. The van der Waals surface area contributed by atoms with Crippen molar-refractivity contribution in [1.29, 1.82) is 0 Å². The molecule has 0 bridgehead atoms. The van der Waals surface area contributed by atoms with E-state index in [1.807, 2.05) is 21.1 Å². The van der Waals surface area contributed by atoms with E-state index in [9.17, 15) is 9.59 Å². The quantitative estimate of drug-likeness (QED) is 0.600. The average molecular weight is 290 g/mol. The Morgan fingerprint density at radius 2 is 1.24 bits per heavy atom. The zero-order valence-electron chi connectivity index (χ0n) is 12.7. The van der Waals surface area contributed by atoms with Gasteiger partial charge in [0, 0.05) is 19.6 Å². The molecule has 1 heterocycles. The van der Waals surface area contributed by atoms with Crippen LogP contribution in [0.5, 0.6) is 0 Å². The molecule has 6 nitrogen and oxygen atoms in total. The van der Waals surface area contributed by atoms with Crippen LogP contribution in [0.25, 0.3) is 0 Å². The molecule has 0 saturated carbocycles. The van der Waals surface area contributed by atoms with E-state index >= 15 is 0 Å². The van der Waals surface area contributed by atoms with Gasteiger partial charge in [0.05, 0.1) is 16.7 Å². The molecule has 21 heavy (non-hydrogen) atoms. The number of amides is 2. The summed E-state index contributed by atoms with van der Waals surface area (Å²) in [5.74, 6) is -0.451. The van der Waals surface area contributed by atoms with Gasteiger partial charge in [-0.2, -0.15) is 0 Å². The van der Waals surface area contributed by atoms with Gasteiger partial charge < -0.3 is 16.0 Å². The van der Waals surface area contributed by atoms with E-state index in [1.165, 1.54) is 4.90 Å². The van der Waals surface area contributed by atoms with Gasteiger partial charge in [0.15, 0.2) is 0 Å². The van der Waals surface area contributed by atoms with Crippen LogP contribution in [-0.2, 0) is 0 Å².